The van der Waals surface area contributed by atoms with Crippen molar-refractivity contribution >= 4 is 17.5 Å². The molecule has 7 heteroatoms. The number of fused-ring (bicyclic) bond motifs is 1. The standard InChI is InChI=1S/C27H34N4O3/c1-3-4-5-14-28-26(32)21-12-16-30(17-13-21)27(33)22-8-10-24(11-9-22)34-19-23-18-31-15-6-7-20(2)25(31)29-23/h6-11,15,18,21H,3-5,12-14,16-17,19H2,1-2H3,(H,28,32). The number of nitrogens with one attached hydrogen (secondary N) is 1. The minimum Gasteiger partial charge on any atom is -0.487 e. The first-order valence-corrected chi connectivity index (χ1v) is 12.3. The Kier molecular flexibility index (Phi) is 7.83. The van der Waals surface area contributed by atoms with Crippen LogP contribution in [0, 0.1) is 12.8 Å². The zero-order valence-corrected chi connectivity index (χ0v) is 20.1. The first-order chi connectivity index (χ1) is 16.5. The Labute approximate surface area is 201 Å². The minimum absolute atomic E-state index is 0.00387. The van der Waals surface area contributed by atoms with E-state index < -0.39 is 0 Å². The third-order valence-electron chi connectivity index (χ3n) is 6.45. The Morgan fingerprint density at radius 2 is 1.88 bits per heavy atom. The number of aromatic nitrogens is 2. The summed E-state index contributed by atoms with van der Waals surface area (Å²) < 4.78 is 7.88. The van der Waals surface area contributed by atoms with Crippen molar-refractivity contribution < 1.29 is 14.3 Å². The molecule has 180 valence electrons. The van der Waals surface area contributed by atoms with Gasteiger partial charge in [-0.15, -0.1) is 0 Å². The van der Waals surface area contributed by atoms with Crippen molar-refractivity contribution in [2.75, 3.05) is 19.6 Å². The number of carbonyl (C=O) groups excluding carboxylic acids is 2. The van der Waals surface area contributed by atoms with E-state index in [2.05, 4.69) is 17.2 Å². The van der Waals surface area contributed by atoms with Gasteiger partial charge in [0.05, 0.1) is 5.69 Å². The highest BCUT2D eigenvalue weighted by Crippen LogP contribution is 2.21. The summed E-state index contributed by atoms with van der Waals surface area (Å²) in [5.41, 5.74) is 3.54. The van der Waals surface area contributed by atoms with Gasteiger partial charge in [-0.1, -0.05) is 25.8 Å². The van der Waals surface area contributed by atoms with Crippen LogP contribution in [-0.4, -0.2) is 45.7 Å². The fourth-order valence-electron chi connectivity index (χ4n) is 4.38. The molecule has 0 radical (unpaired) electrons. The monoisotopic (exact) mass is 462 g/mol. The lowest BCUT2D eigenvalue weighted by Gasteiger charge is -2.31. The zero-order valence-electron chi connectivity index (χ0n) is 20.1. The number of aryl methyl sites for hydroxylation is 1. The number of carbonyl (C=O) groups is 2. The van der Waals surface area contributed by atoms with E-state index in [4.69, 9.17) is 4.74 Å². The fourth-order valence-corrected chi connectivity index (χ4v) is 4.38. The third kappa shape index (κ3) is 5.76. The molecule has 1 fully saturated rings. The maximum atomic E-state index is 12.9. The highest BCUT2D eigenvalue weighted by Gasteiger charge is 2.27. The van der Waals surface area contributed by atoms with E-state index in [0.717, 1.165) is 42.7 Å². The molecule has 3 aromatic rings. The van der Waals surface area contributed by atoms with Gasteiger partial charge in [-0.25, -0.2) is 4.98 Å². The Bertz CT molecular complexity index is 1110. The first kappa shape index (κ1) is 23.8. The number of amides is 2. The van der Waals surface area contributed by atoms with Crippen LogP contribution in [0.2, 0.25) is 0 Å². The summed E-state index contributed by atoms with van der Waals surface area (Å²) in [6, 6.07) is 11.3. The van der Waals surface area contributed by atoms with Crippen molar-refractivity contribution in [2.24, 2.45) is 5.92 Å². The molecular weight excluding hydrogens is 428 g/mol. The molecule has 0 spiro atoms. The molecule has 0 atom stereocenters. The lowest BCUT2D eigenvalue weighted by molar-refractivity contribution is -0.126. The van der Waals surface area contributed by atoms with Crippen LogP contribution in [0.5, 0.6) is 5.75 Å². The molecule has 0 saturated carbocycles. The largest absolute Gasteiger partial charge is 0.487 e. The van der Waals surface area contributed by atoms with Gasteiger partial charge < -0.3 is 19.4 Å². The molecule has 3 heterocycles. The van der Waals surface area contributed by atoms with E-state index in [9.17, 15) is 9.59 Å². The van der Waals surface area contributed by atoms with Crippen LogP contribution in [0.4, 0.5) is 0 Å². The third-order valence-corrected chi connectivity index (χ3v) is 6.45. The quantitative estimate of drug-likeness (QED) is 0.479. The predicted octanol–water partition coefficient (Wildman–Crippen LogP) is 4.38. The molecule has 1 saturated heterocycles. The van der Waals surface area contributed by atoms with Gasteiger partial charge in [0.2, 0.25) is 5.91 Å². The number of unbranched alkanes of at least 4 members (excludes halogenated alkanes) is 2. The Morgan fingerprint density at radius 3 is 2.59 bits per heavy atom. The van der Waals surface area contributed by atoms with Crippen LogP contribution in [-0.2, 0) is 11.4 Å². The minimum atomic E-state index is 0.00387. The number of pyridine rings is 1. The Hall–Kier alpha value is -3.35. The molecule has 0 bridgehead atoms. The lowest BCUT2D eigenvalue weighted by atomic mass is 9.95. The van der Waals surface area contributed by atoms with Gasteiger partial charge in [0.25, 0.3) is 5.91 Å². The summed E-state index contributed by atoms with van der Waals surface area (Å²) in [4.78, 5) is 31.7. The molecule has 34 heavy (non-hydrogen) atoms. The molecule has 2 aromatic heterocycles. The summed E-state index contributed by atoms with van der Waals surface area (Å²) in [6.45, 7) is 6.52. The van der Waals surface area contributed by atoms with Crippen molar-refractivity contribution in [3.8, 4) is 5.75 Å². The smallest absolute Gasteiger partial charge is 0.253 e. The summed E-state index contributed by atoms with van der Waals surface area (Å²) in [6.07, 6.45) is 8.67. The van der Waals surface area contributed by atoms with Crippen LogP contribution in [0.15, 0.2) is 48.8 Å². The molecule has 2 amide bonds. The van der Waals surface area contributed by atoms with Gasteiger partial charge in [-0.05, 0) is 62.1 Å². The van der Waals surface area contributed by atoms with Crippen molar-refractivity contribution in [3.05, 3.63) is 65.6 Å². The van der Waals surface area contributed by atoms with Crippen LogP contribution >= 0.6 is 0 Å². The van der Waals surface area contributed by atoms with Crippen LogP contribution in [0.25, 0.3) is 5.65 Å². The van der Waals surface area contributed by atoms with Gasteiger partial charge >= 0.3 is 0 Å². The van der Waals surface area contributed by atoms with Crippen LogP contribution in [0.3, 0.4) is 0 Å². The molecule has 1 aromatic carbocycles. The second kappa shape index (κ2) is 11.2. The Morgan fingerprint density at radius 1 is 1.12 bits per heavy atom. The summed E-state index contributed by atoms with van der Waals surface area (Å²) in [5.74, 6) is 0.836. The molecule has 1 N–H and O–H groups in total. The molecule has 0 aliphatic carbocycles. The van der Waals surface area contributed by atoms with Crippen molar-refractivity contribution in [1.82, 2.24) is 19.6 Å². The number of rotatable bonds is 9. The lowest BCUT2D eigenvalue weighted by Crippen LogP contribution is -2.43. The highest BCUT2D eigenvalue weighted by molar-refractivity contribution is 5.94. The summed E-state index contributed by atoms with van der Waals surface area (Å²) >= 11 is 0. The van der Waals surface area contributed by atoms with E-state index in [1.165, 1.54) is 0 Å². The predicted molar refractivity (Wildman–Crippen MR) is 132 cm³/mol. The van der Waals surface area contributed by atoms with Crippen molar-refractivity contribution in [2.45, 2.75) is 52.6 Å². The fraction of sp³-hybridized carbons (Fsp3) is 0.444. The molecule has 7 nitrogen and oxygen atoms in total. The SMILES string of the molecule is CCCCCNC(=O)C1CCN(C(=O)c2ccc(OCc3cn4cccc(C)c4n3)cc2)CC1. The number of likely N-dealkylation sites (tertiary alicyclic amines) is 1. The highest BCUT2D eigenvalue weighted by atomic mass is 16.5. The molecule has 4 rings (SSSR count). The van der Waals surface area contributed by atoms with Crippen LogP contribution < -0.4 is 10.1 Å². The van der Waals surface area contributed by atoms with E-state index in [1.807, 2.05) is 52.9 Å². The van der Waals surface area contributed by atoms with E-state index in [-0.39, 0.29) is 17.7 Å². The number of ether oxygens (including phenoxy) is 1. The number of nitrogens with zero attached hydrogens (tertiary/aromatic N) is 3. The van der Waals surface area contributed by atoms with Crippen molar-refractivity contribution in [3.63, 3.8) is 0 Å². The number of benzene rings is 1. The molecule has 1 aliphatic rings. The zero-order chi connectivity index (χ0) is 23.9. The second-order valence-corrected chi connectivity index (χ2v) is 9.03. The van der Waals surface area contributed by atoms with E-state index >= 15 is 0 Å². The number of imidazole rings is 1. The topological polar surface area (TPSA) is 75.9 Å². The van der Waals surface area contributed by atoms with Gasteiger partial charge in [0.15, 0.2) is 0 Å². The van der Waals surface area contributed by atoms with Crippen molar-refractivity contribution in [1.29, 1.82) is 0 Å². The Balaban J connectivity index is 1.25. The summed E-state index contributed by atoms with van der Waals surface area (Å²) in [7, 11) is 0. The first-order valence-electron chi connectivity index (χ1n) is 12.3. The maximum Gasteiger partial charge on any atom is 0.253 e. The van der Waals surface area contributed by atoms with Crippen LogP contribution in [0.1, 0.15) is 60.6 Å². The average Bonchev–Trinajstić information content (AvgIpc) is 3.30. The van der Waals surface area contributed by atoms with E-state index in [1.54, 1.807) is 12.1 Å². The van der Waals surface area contributed by atoms with Gasteiger partial charge in [0, 0.05) is 43.5 Å². The molecule has 0 unspecified atom stereocenters. The van der Waals surface area contributed by atoms with Gasteiger partial charge in [0.1, 0.15) is 18.0 Å². The van der Waals surface area contributed by atoms with Gasteiger partial charge in [-0.2, -0.15) is 0 Å². The van der Waals surface area contributed by atoms with E-state index in [0.29, 0.717) is 43.9 Å². The van der Waals surface area contributed by atoms with Gasteiger partial charge in [-0.3, -0.25) is 9.59 Å². The molecular formula is C27H34N4O3. The number of hydrogen-bond acceptors (Lipinski definition) is 4. The normalized spacial score (nSPS) is 14.4. The maximum absolute atomic E-state index is 12.9. The number of hydrogen-bond donors (Lipinski definition) is 1. The average molecular weight is 463 g/mol. The second-order valence-electron chi connectivity index (χ2n) is 9.03. The number of piperidine rings is 1. The summed E-state index contributed by atoms with van der Waals surface area (Å²) in [5, 5.41) is 3.04. The molecule has 1 aliphatic heterocycles.